The zero-order chi connectivity index (χ0) is 12.1. The van der Waals surface area contributed by atoms with Gasteiger partial charge in [-0.05, 0) is 31.1 Å². The molecule has 0 spiro atoms. The van der Waals surface area contributed by atoms with E-state index in [4.69, 9.17) is 0 Å². The van der Waals surface area contributed by atoms with Crippen LogP contribution >= 0.6 is 11.8 Å². The molecule has 1 aliphatic carbocycles. The summed E-state index contributed by atoms with van der Waals surface area (Å²) in [4.78, 5) is 4.55. The van der Waals surface area contributed by atoms with Gasteiger partial charge in [-0.2, -0.15) is 0 Å². The molecule has 1 heterocycles. The van der Waals surface area contributed by atoms with Crippen LogP contribution in [0.15, 0.2) is 4.99 Å². The molecule has 0 aromatic rings. The van der Waals surface area contributed by atoms with Gasteiger partial charge in [0.15, 0.2) is 5.17 Å². The SMILES string of the molecule is CCC1CN=C(NCCC2CCCC(C)C2)S1. The zero-order valence-corrected chi connectivity index (χ0v) is 12.1. The Bertz CT molecular complexity index is 265. The number of nitrogens with zero attached hydrogens (tertiary/aromatic N) is 1. The highest BCUT2D eigenvalue weighted by atomic mass is 32.2. The molecule has 17 heavy (non-hydrogen) atoms. The molecule has 3 heteroatoms. The van der Waals surface area contributed by atoms with Crippen LogP contribution < -0.4 is 5.32 Å². The van der Waals surface area contributed by atoms with Crippen molar-refractivity contribution in [3.8, 4) is 0 Å². The fourth-order valence-corrected chi connectivity index (χ4v) is 3.90. The minimum absolute atomic E-state index is 0.729. The first-order chi connectivity index (χ1) is 8.28. The number of amidine groups is 1. The lowest BCUT2D eigenvalue weighted by atomic mass is 9.81. The number of rotatable bonds is 4. The Hall–Kier alpha value is -0.180. The lowest BCUT2D eigenvalue weighted by molar-refractivity contribution is 0.270. The summed E-state index contributed by atoms with van der Waals surface area (Å²) in [5.74, 6) is 1.91. The van der Waals surface area contributed by atoms with Crippen molar-refractivity contribution >= 4 is 16.9 Å². The van der Waals surface area contributed by atoms with Gasteiger partial charge < -0.3 is 5.32 Å². The summed E-state index contributed by atoms with van der Waals surface area (Å²) in [6, 6.07) is 0. The Labute approximate surface area is 110 Å². The predicted molar refractivity (Wildman–Crippen MR) is 77.7 cm³/mol. The molecule has 2 rings (SSSR count). The van der Waals surface area contributed by atoms with E-state index in [-0.39, 0.29) is 0 Å². The van der Waals surface area contributed by atoms with Crippen molar-refractivity contribution < 1.29 is 0 Å². The van der Waals surface area contributed by atoms with Crippen LogP contribution in [-0.4, -0.2) is 23.5 Å². The van der Waals surface area contributed by atoms with Crippen molar-refractivity contribution in [2.75, 3.05) is 13.1 Å². The summed E-state index contributed by atoms with van der Waals surface area (Å²) in [6.45, 7) is 6.80. The second-order valence-electron chi connectivity index (χ2n) is 5.65. The van der Waals surface area contributed by atoms with Gasteiger partial charge in [-0.25, -0.2) is 0 Å². The van der Waals surface area contributed by atoms with Crippen molar-refractivity contribution in [3.05, 3.63) is 0 Å². The molecule has 1 aliphatic heterocycles. The summed E-state index contributed by atoms with van der Waals surface area (Å²) in [5, 5.41) is 5.44. The van der Waals surface area contributed by atoms with E-state index in [0.29, 0.717) is 0 Å². The summed E-state index contributed by atoms with van der Waals surface area (Å²) in [5.41, 5.74) is 0. The third-order valence-electron chi connectivity index (χ3n) is 4.05. The van der Waals surface area contributed by atoms with Crippen LogP contribution in [0.1, 0.15) is 52.4 Å². The molecule has 1 N–H and O–H groups in total. The van der Waals surface area contributed by atoms with Gasteiger partial charge in [0.05, 0.1) is 6.54 Å². The van der Waals surface area contributed by atoms with E-state index < -0.39 is 0 Å². The standard InChI is InChI=1S/C14H26N2S/c1-3-13-10-16-14(17-13)15-8-7-12-6-4-5-11(2)9-12/h11-13H,3-10H2,1-2H3,(H,15,16). The van der Waals surface area contributed by atoms with Gasteiger partial charge in [-0.3, -0.25) is 4.99 Å². The molecule has 3 unspecified atom stereocenters. The van der Waals surface area contributed by atoms with Crippen molar-refractivity contribution in [3.63, 3.8) is 0 Å². The Morgan fingerprint density at radius 2 is 2.29 bits per heavy atom. The quantitative estimate of drug-likeness (QED) is 0.827. The molecule has 1 fully saturated rings. The largest absolute Gasteiger partial charge is 0.365 e. The van der Waals surface area contributed by atoms with E-state index in [1.54, 1.807) is 0 Å². The smallest absolute Gasteiger partial charge is 0.156 e. The molecule has 0 amide bonds. The molecule has 0 radical (unpaired) electrons. The topological polar surface area (TPSA) is 24.4 Å². The van der Waals surface area contributed by atoms with Crippen LogP contribution in [0.2, 0.25) is 0 Å². The zero-order valence-electron chi connectivity index (χ0n) is 11.2. The maximum Gasteiger partial charge on any atom is 0.156 e. The van der Waals surface area contributed by atoms with E-state index in [2.05, 4.69) is 24.2 Å². The lowest BCUT2D eigenvalue weighted by Gasteiger charge is -2.26. The molecule has 0 bridgehead atoms. The summed E-state index contributed by atoms with van der Waals surface area (Å²) in [6.07, 6.45) is 8.35. The van der Waals surface area contributed by atoms with E-state index in [1.807, 2.05) is 11.8 Å². The molecule has 1 saturated carbocycles. The molecule has 2 aliphatic rings. The van der Waals surface area contributed by atoms with Gasteiger partial charge in [-0.1, -0.05) is 44.9 Å². The van der Waals surface area contributed by atoms with Gasteiger partial charge in [0.25, 0.3) is 0 Å². The molecule has 0 aromatic heterocycles. The molecule has 98 valence electrons. The van der Waals surface area contributed by atoms with Crippen molar-refractivity contribution in [1.29, 1.82) is 0 Å². The average Bonchev–Trinajstić information content (AvgIpc) is 2.77. The van der Waals surface area contributed by atoms with E-state index >= 15 is 0 Å². The summed E-state index contributed by atoms with van der Waals surface area (Å²) < 4.78 is 0. The number of hydrogen-bond donors (Lipinski definition) is 1. The summed E-state index contributed by atoms with van der Waals surface area (Å²) >= 11 is 1.94. The lowest BCUT2D eigenvalue weighted by Crippen LogP contribution is -2.24. The Morgan fingerprint density at radius 1 is 1.41 bits per heavy atom. The number of nitrogens with one attached hydrogen (secondary N) is 1. The minimum Gasteiger partial charge on any atom is -0.365 e. The van der Waals surface area contributed by atoms with Crippen LogP contribution in [-0.2, 0) is 0 Å². The first-order valence-electron chi connectivity index (χ1n) is 7.23. The van der Waals surface area contributed by atoms with Gasteiger partial charge in [0.1, 0.15) is 0 Å². The van der Waals surface area contributed by atoms with Crippen molar-refractivity contribution in [2.24, 2.45) is 16.8 Å². The highest BCUT2D eigenvalue weighted by molar-refractivity contribution is 8.14. The van der Waals surface area contributed by atoms with E-state index in [9.17, 15) is 0 Å². The van der Waals surface area contributed by atoms with E-state index in [1.165, 1.54) is 43.7 Å². The van der Waals surface area contributed by atoms with Gasteiger partial charge in [0.2, 0.25) is 0 Å². The monoisotopic (exact) mass is 254 g/mol. The molecule has 3 atom stereocenters. The van der Waals surface area contributed by atoms with Crippen molar-refractivity contribution in [1.82, 2.24) is 5.32 Å². The number of aliphatic imine (C=N–C) groups is 1. The van der Waals surface area contributed by atoms with Crippen LogP contribution in [0, 0.1) is 11.8 Å². The number of hydrogen-bond acceptors (Lipinski definition) is 3. The fourth-order valence-electron chi connectivity index (χ4n) is 2.93. The Morgan fingerprint density at radius 3 is 3.00 bits per heavy atom. The second kappa shape index (κ2) is 6.67. The Kier molecular flexibility index (Phi) is 5.20. The summed E-state index contributed by atoms with van der Waals surface area (Å²) in [7, 11) is 0. The third kappa shape index (κ3) is 4.20. The fraction of sp³-hybridized carbons (Fsp3) is 0.929. The maximum absolute atomic E-state index is 4.55. The third-order valence-corrected chi connectivity index (χ3v) is 5.36. The van der Waals surface area contributed by atoms with Crippen LogP contribution in [0.5, 0.6) is 0 Å². The van der Waals surface area contributed by atoms with Gasteiger partial charge >= 0.3 is 0 Å². The van der Waals surface area contributed by atoms with Gasteiger partial charge in [0, 0.05) is 11.8 Å². The van der Waals surface area contributed by atoms with Crippen LogP contribution in [0.3, 0.4) is 0 Å². The first-order valence-corrected chi connectivity index (χ1v) is 8.11. The number of thioether (sulfide) groups is 1. The van der Waals surface area contributed by atoms with Crippen molar-refractivity contribution in [2.45, 2.75) is 57.6 Å². The molecular weight excluding hydrogens is 228 g/mol. The molecule has 0 aromatic carbocycles. The highest BCUT2D eigenvalue weighted by Gasteiger charge is 2.20. The maximum atomic E-state index is 4.55. The molecule has 0 saturated heterocycles. The first kappa shape index (κ1) is 13.3. The normalized spacial score (nSPS) is 33.5. The van der Waals surface area contributed by atoms with E-state index in [0.717, 1.165) is 30.2 Å². The van der Waals surface area contributed by atoms with Crippen LogP contribution in [0.25, 0.3) is 0 Å². The predicted octanol–water partition coefficient (Wildman–Crippen LogP) is 3.67. The Balaban J connectivity index is 1.60. The molecule has 2 nitrogen and oxygen atoms in total. The molecular formula is C14H26N2S. The second-order valence-corrected chi connectivity index (χ2v) is 6.94. The van der Waals surface area contributed by atoms with Gasteiger partial charge in [-0.15, -0.1) is 0 Å². The average molecular weight is 254 g/mol. The highest BCUT2D eigenvalue weighted by Crippen LogP contribution is 2.30. The van der Waals surface area contributed by atoms with Crippen LogP contribution in [0.4, 0.5) is 0 Å². The minimum atomic E-state index is 0.729.